The molecule has 1 aliphatic rings. The Kier molecular flexibility index (Phi) is 3.79. The fourth-order valence-corrected chi connectivity index (χ4v) is 2.86. The summed E-state index contributed by atoms with van der Waals surface area (Å²) in [4.78, 5) is 2.49. The molecular weight excluding hydrogens is 220 g/mol. The number of rotatable bonds is 3. The van der Waals surface area contributed by atoms with Gasteiger partial charge in [0, 0.05) is 24.7 Å². The Morgan fingerprint density at radius 3 is 2.61 bits per heavy atom. The van der Waals surface area contributed by atoms with E-state index in [0.717, 1.165) is 13.1 Å². The zero-order valence-corrected chi connectivity index (χ0v) is 12.4. The monoisotopic (exact) mass is 246 g/mol. The van der Waals surface area contributed by atoms with Crippen molar-refractivity contribution in [3.63, 3.8) is 0 Å². The fourth-order valence-electron chi connectivity index (χ4n) is 2.86. The van der Waals surface area contributed by atoms with E-state index in [1.807, 2.05) is 0 Å². The summed E-state index contributed by atoms with van der Waals surface area (Å²) in [7, 11) is 2.24. The number of nitrogens with one attached hydrogen (secondary N) is 1. The molecule has 0 bridgehead atoms. The molecule has 1 N–H and O–H groups in total. The number of likely N-dealkylation sites (N-methyl/N-ethyl adjacent to an activating group) is 1. The van der Waals surface area contributed by atoms with Gasteiger partial charge in [-0.2, -0.15) is 0 Å². The third kappa shape index (κ3) is 3.12. The van der Waals surface area contributed by atoms with Gasteiger partial charge in [-0.05, 0) is 52.3 Å². The van der Waals surface area contributed by atoms with Gasteiger partial charge < -0.3 is 5.32 Å². The summed E-state index contributed by atoms with van der Waals surface area (Å²) in [5, 5.41) is 3.59. The van der Waals surface area contributed by atoms with Crippen LogP contribution in [0.3, 0.4) is 0 Å². The van der Waals surface area contributed by atoms with Crippen molar-refractivity contribution in [3.05, 3.63) is 34.9 Å². The van der Waals surface area contributed by atoms with E-state index in [1.165, 1.54) is 23.1 Å². The maximum atomic E-state index is 3.59. The van der Waals surface area contributed by atoms with Gasteiger partial charge in [0.1, 0.15) is 0 Å². The van der Waals surface area contributed by atoms with Crippen LogP contribution in [0, 0.1) is 13.8 Å². The minimum absolute atomic E-state index is 0.293. The topological polar surface area (TPSA) is 15.3 Å². The second kappa shape index (κ2) is 5.02. The number of hydrogen-bond acceptors (Lipinski definition) is 2. The number of hydrogen-bond donors (Lipinski definition) is 1. The van der Waals surface area contributed by atoms with Crippen LogP contribution in [-0.4, -0.2) is 30.1 Å². The average Bonchev–Trinajstić information content (AvgIpc) is 2.63. The van der Waals surface area contributed by atoms with E-state index in [4.69, 9.17) is 0 Å². The highest BCUT2D eigenvalue weighted by Gasteiger charge is 2.32. The average molecular weight is 246 g/mol. The molecule has 1 fully saturated rings. The molecule has 1 heterocycles. The Labute approximate surface area is 111 Å². The molecule has 2 nitrogen and oxygen atoms in total. The van der Waals surface area contributed by atoms with Gasteiger partial charge in [-0.1, -0.05) is 23.8 Å². The van der Waals surface area contributed by atoms with Crippen molar-refractivity contribution in [2.75, 3.05) is 13.6 Å². The summed E-state index contributed by atoms with van der Waals surface area (Å²) in [5.74, 6) is 0. The first-order valence-electron chi connectivity index (χ1n) is 6.89. The third-order valence-corrected chi connectivity index (χ3v) is 4.10. The molecule has 2 rings (SSSR count). The van der Waals surface area contributed by atoms with Crippen molar-refractivity contribution in [3.8, 4) is 0 Å². The number of nitrogens with zero attached hydrogens (tertiary/aromatic N) is 1. The van der Waals surface area contributed by atoms with E-state index >= 15 is 0 Å². The molecule has 1 unspecified atom stereocenters. The minimum atomic E-state index is 0.293. The van der Waals surface area contributed by atoms with Gasteiger partial charge in [0.2, 0.25) is 0 Å². The predicted octanol–water partition coefficient (Wildman–Crippen LogP) is 2.88. The van der Waals surface area contributed by atoms with Gasteiger partial charge in [-0.25, -0.2) is 0 Å². The Hall–Kier alpha value is -0.860. The van der Waals surface area contributed by atoms with Crippen LogP contribution < -0.4 is 5.32 Å². The fraction of sp³-hybridized carbons (Fsp3) is 0.625. The first-order valence-corrected chi connectivity index (χ1v) is 6.89. The van der Waals surface area contributed by atoms with Crippen molar-refractivity contribution < 1.29 is 0 Å². The molecule has 1 aromatic rings. The van der Waals surface area contributed by atoms with E-state index in [1.54, 1.807) is 0 Å². The van der Waals surface area contributed by atoms with Crippen LogP contribution in [0.15, 0.2) is 18.2 Å². The first-order chi connectivity index (χ1) is 8.37. The molecular formula is C16H26N2. The van der Waals surface area contributed by atoms with E-state index < -0.39 is 0 Å². The number of benzene rings is 1. The van der Waals surface area contributed by atoms with Crippen LogP contribution in [0.25, 0.3) is 0 Å². The van der Waals surface area contributed by atoms with Crippen LogP contribution in [0.2, 0.25) is 0 Å². The highest BCUT2D eigenvalue weighted by Crippen LogP contribution is 2.23. The van der Waals surface area contributed by atoms with Gasteiger partial charge in [0.15, 0.2) is 0 Å². The summed E-state index contributed by atoms with van der Waals surface area (Å²) in [6.07, 6.45) is 1.23. The lowest BCUT2D eigenvalue weighted by atomic mass is 10.00. The molecule has 1 aliphatic heterocycles. The lowest BCUT2D eigenvalue weighted by Crippen LogP contribution is -2.33. The molecule has 0 saturated carbocycles. The summed E-state index contributed by atoms with van der Waals surface area (Å²) in [5.41, 5.74) is 4.50. The maximum Gasteiger partial charge on any atom is 0.0238 e. The van der Waals surface area contributed by atoms with Crippen molar-refractivity contribution in [2.24, 2.45) is 0 Å². The molecule has 1 aromatic carbocycles. The maximum absolute atomic E-state index is 3.59. The summed E-state index contributed by atoms with van der Waals surface area (Å²) in [6, 6.07) is 7.42. The van der Waals surface area contributed by atoms with Gasteiger partial charge in [0.05, 0.1) is 0 Å². The Bertz CT molecular complexity index is 423. The van der Waals surface area contributed by atoms with Crippen LogP contribution in [0.4, 0.5) is 0 Å². The zero-order chi connectivity index (χ0) is 13.3. The molecule has 1 atom stereocenters. The second-order valence-corrected chi connectivity index (χ2v) is 6.47. The van der Waals surface area contributed by atoms with Crippen molar-refractivity contribution in [1.82, 2.24) is 10.2 Å². The molecule has 0 spiro atoms. The molecule has 18 heavy (non-hydrogen) atoms. The summed E-state index contributed by atoms with van der Waals surface area (Å²) in [6.45, 7) is 11.1. The van der Waals surface area contributed by atoms with Crippen LogP contribution in [-0.2, 0) is 6.54 Å². The van der Waals surface area contributed by atoms with Gasteiger partial charge in [0.25, 0.3) is 0 Å². The van der Waals surface area contributed by atoms with Crippen LogP contribution in [0.5, 0.6) is 0 Å². The first kappa shape index (κ1) is 13.6. The van der Waals surface area contributed by atoms with Gasteiger partial charge in [-0.3, -0.25) is 4.90 Å². The highest BCUT2D eigenvalue weighted by molar-refractivity contribution is 5.30. The van der Waals surface area contributed by atoms with Crippen molar-refractivity contribution in [1.29, 1.82) is 0 Å². The Morgan fingerprint density at radius 1 is 1.33 bits per heavy atom. The largest absolute Gasteiger partial charge is 0.310 e. The second-order valence-electron chi connectivity index (χ2n) is 6.47. The van der Waals surface area contributed by atoms with Gasteiger partial charge >= 0.3 is 0 Å². The summed E-state index contributed by atoms with van der Waals surface area (Å²) < 4.78 is 0. The Morgan fingerprint density at radius 2 is 2.06 bits per heavy atom. The lowest BCUT2D eigenvalue weighted by Gasteiger charge is -2.25. The van der Waals surface area contributed by atoms with E-state index in [-0.39, 0.29) is 0 Å². The molecule has 0 aromatic heterocycles. The SMILES string of the molecule is Cc1ccc(CN(C)C2CNC(C)(C)C2)c(C)c1. The van der Waals surface area contributed by atoms with E-state index in [0.29, 0.717) is 11.6 Å². The zero-order valence-electron chi connectivity index (χ0n) is 12.4. The lowest BCUT2D eigenvalue weighted by molar-refractivity contribution is 0.240. The van der Waals surface area contributed by atoms with Gasteiger partial charge in [-0.15, -0.1) is 0 Å². The standard InChI is InChI=1S/C16H26N2/c1-12-6-7-14(13(2)8-12)11-18(5)15-9-16(3,4)17-10-15/h6-8,15,17H,9-11H2,1-5H3. The molecule has 0 radical (unpaired) electrons. The predicted molar refractivity (Wildman–Crippen MR) is 77.9 cm³/mol. The molecule has 1 saturated heterocycles. The molecule has 100 valence electrons. The third-order valence-electron chi connectivity index (χ3n) is 4.10. The molecule has 0 amide bonds. The normalized spacial score (nSPS) is 22.7. The summed E-state index contributed by atoms with van der Waals surface area (Å²) >= 11 is 0. The minimum Gasteiger partial charge on any atom is -0.310 e. The highest BCUT2D eigenvalue weighted by atomic mass is 15.2. The molecule has 0 aliphatic carbocycles. The van der Waals surface area contributed by atoms with Crippen LogP contribution >= 0.6 is 0 Å². The smallest absolute Gasteiger partial charge is 0.0238 e. The quantitative estimate of drug-likeness (QED) is 0.882. The van der Waals surface area contributed by atoms with Crippen molar-refractivity contribution in [2.45, 2.75) is 52.2 Å². The van der Waals surface area contributed by atoms with E-state index in [2.05, 4.69) is 63.2 Å². The van der Waals surface area contributed by atoms with Crippen LogP contribution in [0.1, 0.15) is 37.0 Å². The molecule has 2 heteroatoms. The van der Waals surface area contributed by atoms with E-state index in [9.17, 15) is 0 Å². The van der Waals surface area contributed by atoms with Crippen molar-refractivity contribution >= 4 is 0 Å². The Balaban J connectivity index is 2.01. The number of aryl methyl sites for hydroxylation is 2.